The van der Waals surface area contributed by atoms with Gasteiger partial charge in [-0.25, -0.2) is 0 Å². The number of likely N-dealkylation sites (N-methyl/N-ethyl adjacent to an activating group) is 1. The summed E-state index contributed by atoms with van der Waals surface area (Å²) >= 11 is 0. The third-order valence-electron chi connectivity index (χ3n) is 6.43. The number of piperidine rings is 2. The van der Waals surface area contributed by atoms with Gasteiger partial charge in [-0.05, 0) is 54.8 Å². The largest absolute Gasteiger partial charge is 0.337 e. The minimum atomic E-state index is 0.0771. The molecule has 4 rings (SSSR count). The second-order valence-electron chi connectivity index (χ2n) is 8.15. The molecular weight excluding hydrogens is 334 g/mol. The highest BCUT2D eigenvalue weighted by molar-refractivity contribution is 5.92. The zero-order chi connectivity index (χ0) is 18.7. The van der Waals surface area contributed by atoms with E-state index >= 15 is 0 Å². The zero-order valence-corrected chi connectivity index (χ0v) is 16.2. The molecule has 0 bridgehead atoms. The van der Waals surface area contributed by atoms with Crippen molar-refractivity contribution in [3.63, 3.8) is 0 Å². The van der Waals surface area contributed by atoms with Crippen LogP contribution in [0.15, 0.2) is 54.7 Å². The third kappa shape index (κ3) is 3.91. The number of amides is 1. The van der Waals surface area contributed by atoms with Crippen molar-refractivity contribution in [2.24, 2.45) is 5.41 Å². The van der Waals surface area contributed by atoms with Crippen LogP contribution in [0.5, 0.6) is 0 Å². The van der Waals surface area contributed by atoms with Crippen molar-refractivity contribution >= 4 is 5.91 Å². The number of likely N-dealkylation sites (tertiary alicyclic amines) is 2. The van der Waals surface area contributed by atoms with E-state index < -0.39 is 0 Å². The van der Waals surface area contributed by atoms with Gasteiger partial charge in [0.15, 0.2) is 0 Å². The van der Waals surface area contributed by atoms with Crippen molar-refractivity contribution in [2.75, 3.05) is 32.7 Å². The minimum Gasteiger partial charge on any atom is -0.337 e. The molecule has 3 heterocycles. The Morgan fingerprint density at radius 2 is 1.85 bits per heavy atom. The molecular formula is C23H29N3O. The van der Waals surface area contributed by atoms with Gasteiger partial charge in [0.25, 0.3) is 5.91 Å². The molecule has 0 saturated carbocycles. The maximum absolute atomic E-state index is 12.7. The van der Waals surface area contributed by atoms with E-state index in [1.54, 1.807) is 6.20 Å². The van der Waals surface area contributed by atoms with Crippen LogP contribution in [0.4, 0.5) is 0 Å². The fraction of sp³-hybridized carbons (Fsp3) is 0.478. The summed E-state index contributed by atoms with van der Waals surface area (Å²) in [6.07, 6.45) is 5.11. The second-order valence-corrected chi connectivity index (χ2v) is 8.15. The number of nitrogens with zero attached hydrogens (tertiary/aromatic N) is 3. The quantitative estimate of drug-likeness (QED) is 0.832. The number of rotatable bonds is 3. The summed E-state index contributed by atoms with van der Waals surface area (Å²) in [6, 6.07) is 16.5. The molecule has 0 radical (unpaired) electrons. The van der Waals surface area contributed by atoms with Crippen molar-refractivity contribution in [1.82, 2.24) is 14.8 Å². The van der Waals surface area contributed by atoms with Crippen LogP contribution in [0.25, 0.3) is 0 Å². The van der Waals surface area contributed by atoms with Crippen LogP contribution in [-0.2, 0) is 0 Å². The zero-order valence-electron chi connectivity index (χ0n) is 16.2. The van der Waals surface area contributed by atoms with Crippen molar-refractivity contribution in [3.8, 4) is 0 Å². The van der Waals surface area contributed by atoms with E-state index in [1.165, 1.54) is 18.5 Å². The van der Waals surface area contributed by atoms with Crippen LogP contribution in [0, 0.1) is 5.41 Å². The summed E-state index contributed by atoms with van der Waals surface area (Å²) < 4.78 is 0. The molecule has 27 heavy (non-hydrogen) atoms. The lowest BCUT2D eigenvalue weighted by molar-refractivity contribution is 0.0156. The molecule has 0 unspecified atom stereocenters. The van der Waals surface area contributed by atoms with Gasteiger partial charge in [-0.2, -0.15) is 0 Å². The molecule has 4 heteroatoms. The number of hydrogen-bond donors (Lipinski definition) is 0. The number of aromatic nitrogens is 1. The predicted molar refractivity (Wildman–Crippen MR) is 108 cm³/mol. The van der Waals surface area contributed by atoms with Crippen LogP contribution in [0.3, 0.4) is 0 Å². The Kier molecular flexibility index (Phi) is 5.26. The van der Waals surface area contributed by atoms with E-state index in [9.17, 15) is 4.79 Å². The van der Waals surface area contributed by atoms with Gasteiger partial charge >= 0.3 is 0 Å². The van der Waals surface area contributed by atoms with Gasteiger partial charge in [0.2, 0.25) is 0 Å². The maximum Gasteiger partial charge on any atom is 0.272 e. The topological polar surface area (TPSA) is 36.4 Å². The standard InChI is InChI=1S/C23H29N3O/c1-2-25-17-20(19-8-4-3-5-9-19)16-23(18-25)11-14-26(15-12-23)22(27)21-10-6-7-13-24-21/h3-10,13,20H,2,11-12,14-18H2,1H3/t20-/m0/s1. The monoisotopic (exact) mass is 363 g/mol. The lowest BCUT2D eigenvalue weighted by Gasteiger charge is -2.50. The van der Waals surface area contributed by atoms with Gasteiger partial charge < -0.3 is 9.80 Å². The van der Waals surface area contributed by atoms with E-state index in [1.807, 2.05) is 23.1 Å². The van der Waals surface area contributed by atoms with Gasteiger partial charge in [-0.1, -0.05) is 43.3 Å². The third-order valence-corrected chi connectivity index (χ3v) is 6.43. The molecule has 1 aromatic heterocycles. The number of hydrogen-bond acceptors (Lipinski definition) is 3. The van der Waals surface area contributed by atoms with Crippen molar-refractivity contribution in [3.05, 3.63) is 66.0 Å². The van der Waals surface area contributed by atoms with E-state index in [-0.39, 0.29) is 5.91 Å². The van der Waals surface area contributed by atoms with Crippen LogP contribution >= 0.6 is 0 Å². The average Bonchev–Trinajstić information content (AvgIpc) is 2.75. The highest BCUT2D eigenvalue weighted by atomic mass is 16.2. The Morgan fingerprint density at radius 1 is 1.11 bits per heavy atom. The van der Waals surface area contributed by atoms with Gasteiger partial charge in [0, 0.05) is 32.4 Å². The average molecular weight is 364 g/mol. The first-order valence-electron chi connectivity index (χ1n) is 10.2. The first-order chi connectivity index (χ1) is 13.2. The first kappa shape index (κ1) is 18.2. The van der Waals surface area contributed by atoms with Crippen LogP contribution < -0.4 is 0 Å². The SMILES string of the molecule is CCN1C[C@@H](c2ccccc2)CC2(CCN(C(=O)c3ccccn3)CC2)C1. The highest BCUT2D eigenvalue weighted by Crippen LogP contribution is 2.45. The van der Waals surface area contributed by atoms with Crippen LogP contribution in [-0.4, -0.2) is 53.4 Å². The number of carbonyl (C=O) groups is 1. The Hall–Kier alpha value is -2.20. The predicted octanol–water partition coefficient (Wildman–Crippen LogP) is 3.81. The maximum atomic E-state index is 12.7. The fourth-order valence-corrected chi connectivity index (χ4v) is 4.89. The van der Waals surface area contributed by atoms with E-state index in [0.717, 1.165) is 39.0 Å². The lowest BCUT2D eigenvalue weighted by Crippen LogP contribution is -2.52. The molecule has 1 amide bonds. The van der Waals surface area contributed by atoms with Crippen molar-refractivity contribution < 1.29 is 4.79 Å². The Bertz CT molecular complexity index is 754. The Balaban J connectivity index is 1.46. The van der Waals surface area contributed by atoms with E-state index in [4.69, 9.17) is 0 Å². The summed E-state index contributed by atoms with van der Waals surface area (Å²) in [7, 11) is 0. The van der Waals surface area contributed by atoms with Crippen molar-refractivity contribution in [1.29, 1.82) is 0 Å². The molecule has 2 fully saturated rings. The van der Waals surface area contributed by atoms with Gasteiger partial charge in [0.1, 0.15) is 5.69 Å². The molecule has 1 atom stereocenters. The molecule has 2 aromatic rings. The molecule has 2 saturated heterocycles. The summed E-state index contributed by atoms with van der Waals surface area (Å²) in [6.45, 7) is 7.36. The minimum absolute atomic E-state index is 0.0771. The van der Waals surface area contributed by atoms with E-state index in [2.05, 4.69) is 47.1 Å². The second kappa shape index (κ2) is 7.81. The molecule has 2 aliphatic rings. The molecule has 2 aliphatic heterocycles. The number of benzene rings is 1. The normalized spacial score (nSPS) is 22.7. The summed E-state index contributed by atoms with van der Waals surface area (Å²) in [5.74, 6) is 0.672. The van der Waals surface area contributed by atoms with Gasteiger partial charge in [0.05, 0.1) is 0 Å². The molecule has 4 nitrogen and oxygen atoms in total. The number of pyridine rings is 1. The fourth-order valence-electron chi connectivity index (χ4n) is 4.89. The van der Waals surface area contributed by atoms with Gasteiger partial charge in [-0.3, -0.25) is 9.78 Å². The molecule has 0 aliphatic carbocycles. The summed E-state index contributed by atoms with van der Waals surface area (Å²) in [5, 5.41) is 0. The Labute approximate surface area is 162 Å². The molecule has 1 spiro atoms. The number of carbonyl (C=O) groups excluding carboxylic acids is 1. The highest BCUT2D eigenvalue weighted by Gasteiger charge is 2.42. The van der Waals surface area contributed by atoms with Crippen LogP contribution in [0.1, 0.15) is 48.2 Å². The van der Waals surface area contributed by atoms with Gasteiger partial charge in [-0.15, -0.1) is 0 Å². The first-order valence-corrected chi connectivity index (χ1v) is 10.2. The van der Waals surface area contributed by atoms with E-state index in [0.29, 0.717) is 17.0 Å². The molecule has 142 valence electrons. The molecule has 1 aromatic carbocycles. The Morgan fingerprint density at radius 3 is 2.52 bits per heavy atom. The lowest BCUT2D eigenvalue weighted by atomic mass is 9.68. The van der Waals surface area contributed by atoms with Crippen LogP contribution in [0.2, 0.25) is 0 Å². The summed E-state index contributed by atoms with van der Waals surface area (Å²) in [5.41, 5.74) is 2.35. The summed E-state index contributed by atoms with van der Waals surface area (Å²) in [4.78, 5) is 21.6. The molecule has 0 N–H and O–H groups in total. The smallest absolute Gasteiger partial charge is 0.272 e. The van der Waals surface area contributed by atoms with Crippen molar-refractivity contribution in [2.45, 2.75) is 32.1 Å².